The van der Waals surface area contributed by atoms with Crippen LogP contribution in [0.1, 0.15) is 58.8 Å². The van der Waals surface area contributed by atoms with Gasteiger partial charge in [0.2, 0.25) is 0 Å². The lowest BCUT2D eigenvalue weighted by atomic mass is 9.70. The van der Waals surface area contributed by atoms with Gasteiger partial charge in [0.25, 0.3) is 0 Å². The highest BCUT2D eigenvalue weighted by Gasteiger charge is 2.37. The standard InChI is InChI=1S/C12H25N/c1-3-6-11(2)12(9-10-13)7-4-5-8-12/h11H,3-10,13H2,1-2H3. The molecule has 2 N–H and O–H groups in total. The summed E-state index contributed by atoms with van der Waals surface area (Å²) in [5, 5.41) is 0. The number of hydrogen-bond acceptors (Lipinski definition) is 1. The molecule has 1 aliphatic carbocycles. The van der Waals surface area contributed by atoms with Gasteiger partial charge in [-0.15, -0.1) is 0 Å². The van der Waals surface area contributed by atoms with Crippen molar-refractivity contribution in [3.8, 4) is 0 Å². The minimum atomic E-state index is 0.630. The molecular weight excluding hydrogens is 158 g/mol. The monoisotopic (exact) mass is 183 g/mol. The molecule has 0 saturated heterocycles. The maximum atomic E-state index is 5.73. The molecule has 13 heavy (non-hydrogen) atoms. The average Bonchev–Trinajstić information content (AvgIpc) is 2.55. The van der Waals surface area contributed by atoms with Crippen molar-refractivity contribution >= 4 is 0 Å². The van der Waals surface area contributed by atoms with Crippen molar-refractivity contribution in [1.29, 1.82) is 0 Å². The van der Waals surface area contributed by atoms with E-state index in [1.807, 2.05) is 0 Å². The van der Waals surface area contributed by atoms with E-state index in [1.165, 1.54) is 44.9 Å². The lowest BCUT2D eigenvalue weighted by Gasteiger charge is -2.35. The zero-order valence-electron chi connectivity index (χ0n) is 9.31. The van der Waals surface area contributed by atoms with Crippen molar-refractivity contribution in [3.63, 3.8) is 0 Å². The van der Waals surface area contributed by atoms with Gasteiger partial charge in [-0.05, 0) is 37.1 Å². The quantitative estimate of drug-likeness (QED) is 0.695. The highest BCUT2D eigenvalue weighted by atomic mass is 14.6. The predicted octanol–water partition coefficient (Wildman–Crippen LogP) is 3.33. The first kappa shape index (κ1) is 11.0. The van der Waals surface area contributed by atoms with E-state index in [0.29, 0.717) is 5.41 Å². The van der Waals surface area contributed by atoms with Crippen LogP contribution >= 0.6 is 0 Å². The van der Waals surface area contributed by atoms with Crippen LogP contribution in [-0.4, -0.2) is 6.54 Å². The second kappa shape index (κ2) is 4.99. The summed E-state index contributed by atoms with van der Waals surface area (Å²) in [6.45, 7) is 5.61. The molecule has 0 radical (unpaired) electrons. The summed E-state index contributed by atoms with van der Waals surface area (Å²) in [6.07, 6.45) is 9.72. The Hall–Kier alpha value is -0.0400. The molecule has 0 heterocycles. The fraction of sp³-hybridized carbons (Fsp3) is 1.00. The van der Waals surface area contributed by atoms with Gasteiger partial charge in [-0.3, -0.25) is 0 Å². The predicted molar refractivity (Wildman–Crippen MR) is 58.6 cm³/mol. The van der Waals surface area contributed by atoms with Crippen LogP contribution in [0.25, 0.3) is 0 Å². The van der Waals surface area contributed by atoms with Crippen LogP contribution in [0.15, 0.2) is 0 Å². The molecule has 0 aliphatic heterocycles. The molecule has 78 valence electrons. The Kier molecular flexibility index (Phi) is 4.24. The molecule has 1 saturated carbocycles. The van der Waals surface area contributed by atoms with Crippen LogP contribution < -0.4 is 5.73 Å². The summed E-state index contributed by atoms with van der Waals surface area (Å²) in [7, 11) is 0. The Bertz CT molecular complexity index is 136. The van der Waals surface area contributed by atoms with Crippen molar-refractivity contribution in [2.75, 3.05) is 6.54 Å². The second-order valence-electron chi connectivity index (χ2n) is 4.80. The van der Waals surface area contributed by atoms with Gasteiger partial charge >= 0.3 is 0 Å². The Labute approximate surface area is 83.1 Å². The van der Waals surface area contributed by atoms with Crippen LogP contribution in [0.3, 0.4) is 0 Å². The highest BCUT2D eigenvalue weighted by Crippen LogP contribution is 2.48. The van der Waals surface area contributed by atoms with E-state index < -0.39 is 0 Å². The van der Waals surface area contributed by atoms with E-state index in [4.69, 9.17) is 5.73 Å². The van der Waals surface area contributed by atoms with E-state index in [-0.39, 0.29) is 0 Å². The molecule has 0 bridgehead atoms. The maximum absolute atomic E-state index is 5.73. The zero-order valence-corrected chi connectivity index (χ0v) is 9.31. The summed E-state index contributed by atoms with van der Waals surface area (Å²) < 4.78 is 0. The maximum Gasteiger partial charge on any atom is -0.00719 e. The minimum absolute atomic E-state index is 0.630. The first-order valence-electron chi connectivity index (χ1n) is 5.95. The van der Waals surface area contributed by atoms with E-state index in [0.717, 1.165) is 12.5 Å². The molecule has 1 unspecified atom stereocenters. The molecule has 1 atom stereocenters. The molecule has 0 aromatic heterocycles. The summed E-state index contributed by atoms with van der Waals surface area (Å²) in [4.78, 5) is 0. The summed E-state index contributed by atoms with van der Waals surface area (Å²) >= 11 is 0. The van der Waals surface area contributed by atoms with Crippen LogP contribution in [0.2, 0.25) is 0 Å². The van der Waals surface area contributed by atoms with Crippen molar-refractivity contribution in [2.24, 2.45) is 17.1 Å². The molecule has 1 nitrogen and oxygen atoms in total. The Morgan fingerprint density at radius 1 is 1.31 bits per heavy atom. The molecule has 0 amide bonds. The van der Waals surface area contributed by atoms with E-state index in [2.05, 4.69) is 13.8 Å². The molecule has 0 aromatic rings. The zero-order chi connectivity index (χ0) is 9.73. The van der Waals surface area contributed by atoms with Crippen LogP contribution in [0, 0.1) is 11.3 Å². The smallest absolute Gasteiger partial charge is 0.00719 e. The van der Waals surface area contributed by atoms with Gasteiger partial charge in [-0.1, -0.05) is 39.5 Å². The minimum Gasteiger partial charge on any atom is -0.330 e. The van der Waals surface area contributed by atoms with Gasteiger partial charge in [0.1, 0.15) is 0 Å². The Balaban J connectivity index is 2.54. The number of nitrogens with two attached hydrogens (primary N) is 1. The number of rotatable bonds is 5. The topological polar surface area (TPSA) is 26.0 Å². The van der Waals surface area contributed by atoms with Crippen LogP contribution in [-0.2, 0) is 0 Å². The van der Waals surface area contributed by atoms with Crippen LogP contribution in [0.5, 0.6) is 0 Å². The molecule has 1 rings (SSSR count). The molecule has 1 fully saturated rings. The van der Waals surface area contributed by atoms with Gasteiger partial charge in [0, 0.05) is 0 Å². The van der Waals surface area contributed by atoms with Gasteiger partial charge < -0.3 is 5.73 Å². The van der Waals surface area contributed by atoms with Crippen molar-refractivity contribution in [3.05, 3.63) is 0 Å². The van der Waals surface area contributed by atoms with Gasteiger partial charge in [0.15, 0.2) is 0 Å². The van der Waals surface area contributed by atoms with Gasteiger partial charge in [-0.2, -0.15) is 0 Å². The molecule has 0 spiro atoms. The summed E-state index contributed by atoms with van der Waals surface area (Å²) in [5.41, 5.74) is 6.36. The molecule has 0 aromatic carbocycles. The lowest BCUT2D eigenvalue weighted by molar-refractivity contribution is 0.157. The third kappa shape index (κ3) is 2.46. The van der Waals surface area contributed by atoms with E-state index in [1.54, 1.807) is 0 Å². The third-order valence-corrected chi connectivity index (χ3v) is 4.01. The third-order valence-electron chi connectivity index (χ3n) is 4.01. The van der Waals surface area contributed by atoms with Crippen molar-refractivity contribution in [1.82, 2.24) is 0 Å². The number of hydrogen-bond donors (Lipinski definition) is 1. The average molecular weight is 183 g/mol. The van der Waals surface area contributed by atoms with Gasteiger partial charge in [0.05, 0.1) is 0 Å². The Morgan fingerprint density at radius 2 is 1.92 bits per heavy atom. The largest absolute Gasteiger partial charge is 0.330 e. The summed E-state index contributed by atoms with van der Waals surface area (Å²) in [6, 6.07) is 0. The Morgan fingerprint density at radius 3 is 2.38 bits per heavy atom. The van der Waals surface area contributed by atoms with E-state index >= 15 is 0 Å². The SMILES string of the molecule is CCCC(C)C1(CCN)CCCC1. The first-order valence-corrected chi connectivity index (χ1v) is 5.95. The van der Waals surface area contributed by atoms with Crippen molar-refractivity contribution in [2.45, 2.75) is 58.8 Å². The first-order chi connectivity index (χ1) is 6.25. The second-order valence-corrected chi connectivity index (χ2v) is 4.80. The molecule has 1 heteroatoms. The normalized spacial score (nSPS) is 23.3. The van der Waals surface area contributed by atoms with Crippen LogP contribution in [0.4, 0.5) is 0 Å². The lowest BCUT2D eigenvalue weighted by Crippen LogP contribution is -2.28. The fourth-order valence-electron chi connectivity index (χ4n) is 3.09. The highest BCUT2D eigenvalue weighted by molar-refractivity contribution is 4.88. The molecular formula is C12H25N. The fourth-order valence-corrected chi connectivity index (χ4v) is 3.09. The summed E-state index contributed by atoms with van der Waals surface area (Å²) in [5.74, 6) is 0.892. The van der Waals surface area contributed by atoms with E-state index in [9.17, 15) is 0 Å². The van der Waals surface area contributed by atoms with Crippen molar-refractivity contribution < 1.29 is 0 Å². The molecule has 1 aliphatic rings. The van der Waals surface area contributed by atoms with Gasteiger partial charge in [-0.25, -0.2) is 0 Å².